The monoisotopic (exact) mass is 700 g/mol. The number of hydrogen-bond acceptors (Lipinski definition) is 10. The summed E-state index contributed by atoms with van der Waals surface area (Å²) in [6, 6.07) is 13.6. The molecule has 2 fully saturated rings. The molecule has 0 unspecified atom stereocenters. The molecule has 0 bridgehead atoms. The van der Waals surface area contributed by atoms with Crippen molar-refractivity contribution in [3.8, 4) is 11.5 Å². The van der Waals surface area contributed by atoms with Gasteiger partial charge in [-0.3, -0.25) is 4.79 Å². The van der Waals surface area contributed by atoms with Crippen molar-refractivity contribution in [3.63, 3.8) is 0 Å². The highest BCUT2D eigenvalue weighted by Crippen LogP contribution is 2.34. The molecule has 0 amide bonds. The molecule has 0 aromatic heterocycles. The van der Waals surface area contributed by atoms with Gasteiger partial charge in [0.1, 0.15) is 17.6 Å². The number of ether oxygens (including phenoxy) is 5. The zero-order valence-electron chi connectivity index (χ0n) is 28.9. The number of unbranched alkanes of at least 4 members (excludes halogenated alkanes) is 1. The van der Waals surface area contributed by atoms with Crippen molar-refractivity contribution >= 4 is 16.0 Å². The number of aliphatic hydroxyl groups excluding tert-OH is 1. The average Bonchev–Trinajstić information content (AvgIpc) is 3.68. The second-order valence-corrected chi connectivity index (χ2v) is 14.9. The molecule has 2 heterocycles. The number of hydrogen-bond donors (Lipinski definition) is 2. The van der Waals surface area contributed by atoms with Crippen molar-refractivity contribution in [1.82, 2.24) is 9.62 Å². The first-order valence-electron chi connectivity index (χ1n) is 17.0. The number of sulfonamides is 1. The Kier molecular flexibility index (Phi) is 14.7. The number of nitrogens with one attached hydrogen (secondary N) is 1. The van der Waals surface area contributed by atoms with E-state index in [2.05, 4.69) is 18.5 Å². The largest absolute Gasteiger partial charge is 0.497 e. The number of aliphatic hydroxyl groups is 1. The molecule has 0 aliphatic carbocycles. The number of benzene rings is 2. The first-order valence-corrected chi connectivity index (χ1v) is 18.4. The van der Waals surface area contributed by atoms with E-state index in [9.17, 15) is 18.3 Å². The lowest BCUT2D eigenvalue weighted by Gasteiger charge is -2.30. The van der Waals surface area contributed by atoms with Gasteiger partial charge < -0.3 is 34.1 Å². The summed E-state index contributed by atoms with van der Waals surface area (Å²) in [6.45, 7) is 13.0. The number of esters is 1. The van der Waals surface area contributed by atoms with Crippen LogP contribution in [0.25, 0.3) is 0 Å². The summed E-state index contributed by atoms with van der Waals surface area (Å²) >= 11 is 0. The minimum atomic E-state index is -3.99. The van der Waals surface area contributed by atoms with E-state index in [1.54, 1.807) is 18.2 Å². The van der Waals surface area contributed by atoms with Crippen molar-refractivity contribution in [2.24, 2.45) is 17.8 Å². The predicted octanol–water partition coefficient (Wildman–Crippen LogP) is 4.36. The fraction of sp³-hybridized carbons (Fsp3) is 0.541. The van der Waals surface area contributed by atoms with Crippen LogP contribution in [0.2, 0.25) is 0 Å². The molecule has 2 aliphatic heterocycles. The summed E-state index contributed by atoms with van der Waals surface area (Å²) < 4.78 is 57.7. The molecule has 270 valence electrons. The van der Waals surface area contributed by atoms with Gasteiger partial charge in [-0.15, -0.1) is 13.2 Å². The van der Waals surface area contributed by atoms with Crippen LogP contribution >= 0.6 is 0 Å². The molecule has 2 saturated heterocycles. The highest BCUT2D eigenvalue weighted by Gasteiger charge is 2.49. The van der Waals surface area contributed by atoms with Gasteiger partial charge in [-0.05, 0) is 67.1 Å². The van der Waals surface area contributed by atoms with Crippen LogP contribution in [-0.2, 0) is 35.4 Å². The lowest BCUT2D eigenvalue weighted by molar-refractivity contribution is -0.153. The van der Waals surface area contributed by atoms with Crippen LogP contribution in [0, 0.1) is 17.8 Å². The lowest BCUT2D eigenvalue weighted by Crippen LogP contribution is -2.44. The second kappa shape index (κ2) is 18.7. The Balaban J connectivity index is 1.54. The smallest absolute Gasteiger partial charge is 0.306 e. The Morgan fingerprint density at radius 1 is 1.08 bits per heavy atom. The standard InChI is InChI=1S/C37H52N2O9S/c1-6-8-9-18-45-30-12-10-11-27(20-30)19-28(21-35(41)48-34-25-47-37-36(34)32(24-46-37)38-17-7-2)33(40)23-39(22-26(3)4)49(42,43)31-15-13-29(44-5)14-16-31/h6-7,10-16,20,26,28,32-34,36-38,40H,1-2,8-9,17-19,21-25H2,3-5H3/t28-,32+,33-,34+,36+,37-/m1/s1. The molecule has 49 heavy (non-hydrogen) atoms. The molecule has 12 heteroatoms. The Bertz CT molecular complexity index is 1470. The topological polar surface area (TPSA) is 133 Å². The van der Waals surface area contributed by atoms with E-state index in [1.807, 2.05) is 44.2 Å². The van der Waals surface area contributed by atoms with Crippen LogP contribution in [0.3, 0.4) is 0 Å². The third-order valence-corrected chi connectivity index (χ3v) is 10.6. The molecular weight excluding hydrogens is 648 g/mol. The molecule has 0 radical (unpaired) electrons. The molecule has 6 atom stereocenters. The van der Waals surface area contributed by atoms with Crippen molar-refractivity contribution in [2.45, 2.75) is 69.0 Å². The van der Waals surface area contributed by atoms with Crippen LogP contribution < -0.4 is 14.8 Å². The number of fused-ring (bicyclic) bond motifs is 1. The molecule has 2 N–H and O–H groups in total. The number of allylic oxidation sites excluding steroid dienone is 1. The van der Waals surface area contributed by atoms with E-state index in [1.165, 1.54) is 23.5 Å². The van der Waals surface area contributed by atoms with Gasteiger partial charge in [-0.25, -0.2) is 8.42 Å². The molecule has 2 aromatic rings. The lowest BCUT2D eigenvalue weighted by atomic mass is 9.90. The Morgan fingerprint density at radius 2 is 1.84 bits per heavy atom. The molecule has 0 spiro atoms. The average molecular weight is 701 g/mol. The summed E-state index contributed by atoms with van der Waals surface area (Å²) in [4.78, 5) is 13.7. The van der Waals surface area contributed by atoms with E-state index < -0.39 is 40.4 Å². The molecule has 0 saturated carbocycles. The normalized spacial score (nSPS) is 21.7. The van der Waals surface area contributed by atoms with E-state index in [0.29, 0.717) is 31.3 Å². The minimum absolute atomic E-state index is 0.0230. The quantitative estimate of drug-likeness (QED) is 0.110. The zero-order chi connectivity index (χ0) is 35.4. The van der Waals surface area contributed by atoms with E-state index in [-0.39, 0.29) is 55.3 Å². The molecular formula is C37H52N2O9S. The maximum Gasteiger partial charge on any atom is 0.306 e. The first kappa shape index (κ1) is 38.5. The van der Waals surface area contributed by atoms with E-state index in [4.69, 9.17) is 23.7 Å². The van der Waals surface area contributed by atoms with Crippen LogP contribution in [0.1, 0.15) is 38.7 Å². The van der Waals surface area contributed by atoms with Crippen LogP contribution in [0.4, 0.5) is 0 Å². The Labute approximate surface area is 291 Å². The Hall–Kier alpha value is -3.26. The minimum Gasteiger partial charge on any atom is -0.497 e. The third kappa shape index (κ3) is 10.9. The number of carbonyl (C=O) groups excluding carboxylic acids is 1. The van der Waals surface area contributed by atoms with Gasteiger partial charge in [-0.1, -0.05) is 38.1 Å². The van der Waals surface area contributed by atoms with Crippen LogP contribution in [0.5, 0.6) is 11.5 Å². The molecule has 2 aliphatic rings. The highest BCUT2D eigenvalue weighted by molar-refractivity contribution is 7.89. The van der Waals surface area contributed by atoms with Crippen molar-refractivity contribution in [1.29, 1.82) is 0 Å². The number of carbonyl (C=O) groups is 1. The second-order valence-electron chi connectivity index (χ2n) is 13.0. The summed E-state index contributed by atoms with van der Waals surface area (Å²) in [5.41, 5.74) is 0.841. The van der Waals surface area contributed by atoms with Gasteiger partial charge in [0.15, 0.2) is 6.29 Å². The summed E-state index contributed by atoms with van der Waals surface area (Å²) in [5.74, 6) is -0.168. The van der Waals surface area contributed by atoms with Crippen molar-refractivity contribution in [2.75, 3.05) is 46.6 Å². The van der Waals surface area contributed by atoms with Crippen molar-refractivity contribution < 1.29 is 42.0 Å². The number of rotatable bonds is 21. The van der Waals surface area contributed by atoms with Gasteiger partial charge in [-0.2, -0.15) is 4.31 Å². The third-order valence-electron chi connectivity index (χ3n) is 8.73. The summed E-state index contributed by atoms with van der Waals surface area (Å²) in [7, 11) is -2.47. The SMILES string of the molecule is C=CCCCOc1cccc(C[C@H](CC(=O)O[C@H]2CO[C@H]3OC[C@H](NCC=C)[C@H]32)[C@H](O)CN(CC(C)C)S(=O)(=O)c2ccc(OC)cc2)c1. The van der Waals surface area contributed by atoms with Gasteiger partial charge in [0.2, 0.25) is 10.0 Å². The predicted molar refractivity (Wildman–Crippen MR) is 187 cm³/mol. The Morgan fingerprint density at radius 3 is 2.53 bits per heavy atom. The van der Waals surface area contributed by atoms with Gasteiger partial charge in [0.05, 0.1) is 50.3 Å². The van der Waals surface area contributed by atoms with Crippen LogP contribution in [-0.4, -0.2) is 94.9 Å². The van der Waals surface area contributed by atoms with E-state index in [0.717, 1.165) is 18.4 Å². The van der Waals surface area contributed by atoms with Gasteiger partial charge in [0.25, 0.3) is 0 Å². The summed E-state index contributed by atoms with van der Waals surface area (Å²) in [6.07, 6.45) is 3.24. The highest BCUT2D eigenvalue weighted by atomic mass is 32.2. The number of nitrogens with zero attached hydrogens (tertiary/aromatic N) is 1. The fourth-order valence-corrected chi connectivity index (χ4v) is 7.86. The van der Waals surface area contributed by atoms with Gasteiger partial charge in [0, 0.05) is 31.6 Å². The first-order chi connectivity index (χ1) is 23.5. The maximum atomic E-state index is 13.9. The summed E-state index contributed by atoms with van der Waals surface area (Å²) in [5, 5.41) is 15.1. The molecule has 4 rings (SSSR count). The molecule has 11 nitrogen and oxygen atoms in total. The van der Waals surface area contributed by atoms with Gasteiger partial charge >= 0.3 is 5.97 Å². The van der Waals surface area contributed by atoms with Crippen LogP contribution in [0.15, 0.2) is 78.7 Å². The van der Waals surface area contributed by atoms with Crippen molar-refractivity contribution in [3.05, 3.63) is 79.4 Å². The molecule has 2 aromatic carbocycles. The zero-order valence-corrected chi connectivity index (χ0v) is 29.7. The maximum absolute atomic E-state index is 13.9. The van der Waals surface area contributed by atoms with E-state index >= 15 is 0 Å². The number of methoxy groups -OCH3 is 1. The fourth-order valence-electron chi connectivity index (χ4n) is 6.24.